The van der Waals surface area contributed by atoms with Crippen LogP contribution in [-0.2, 0) is 9.53 Å². The molecular weight excluding hydrogens is 348 g/mol. The molecule has 1 aromatic rings. The lowest BCUT2D eigenvalue weighted by Gasteiger charge is -2.14. The average molecular weight is 385 g/mol. The van der Waals surface area contributed by atoms with Gasteiger partial charge < -0.3 is 4.74 Å². The van der Waals surface area contributed by atoms with Crippen LogP contribution in [0, 0.1) is 12.8 Å². The van der Waals surface area contributed by atoms with Gasteiger partial charge in [0.1, 0.15) is 0 Å². The molecule has 25 heavy (non-hydrogen) atoms. The van der Waals surface area contributed by atoms with E-state index < -0.39 is 0 Å². The number of carbonyl (C=O) groups excluding carboxylic acids is 1. The van der Waals surface area contributed by atoms with Crippen LogP contribution in [0.2, 0.25) is 0 Å². The summed E-state index contributed by atoms with van der Waals surface area (Å²) in [6, 6.07) is 6.48. The molecule has 0 heterocycles. The van der Waals surface area contributed by atoms with Crippen LogP contribution in [-0.4, -0.2) is 24.6 Å². The Bertz CT molecular complexity index is 475. The number of ether oxygens (including phenoxy) is 1. The molecule has 0 radical (unpaired) electrons. The number of esters is 1. The third-order valence-corrected chi connectivity index (χ3v) is 5.86. The Kier molecular flexibility index (Phi) is 15.2. The van der Waals surface area contributed by atoms with E-state index in [0.717, 1.165) is 18.6 Å². The number of rotatable bonds is 11. The first-order valence-corrected chi connectivity index (χ1v) is 11.7. The van der Waals surface area contributed by atoms with Crippen molar-refractivity contribution in [2.24, 2.45) is 5.92 Å². The van der Waals surface area contributed by atoms with Crippen LogP contribution in [0.1, 0.15) is 65.4 Å². The van der Waals surface area contributed by atoms with Crippen molar-refractivity contribution in [2.45, 2.75) is 76.5 Å². The molecule has 0 bridgehead atoms. The first-order valence-electron chi connectivity index (χ1n) is 9.53. The van der Waals surface area contributed by atoms with Gasteiger partial charge in [-0.1, -0.05) is 47.0 Å². The molecule has 0 aliphatic carbocycles. The first-order chi connectivity index (χ1) is 12.1. The Balaban J connectivity index is 0.00000277. The second-order valence-electron chi connectivity index (χ2n) is 5.83. The van der Waals surface area contributed by atoms with Gasteiger partial charge in [-0.3, -0.25) is 4.79 Å². The van der Waals surface area contributed by atoms with Crippen molar-refractivity contribution in [2.75, 3.05) is 18.6 Å². The number of thioether (sulfide) groups is 2. The van der Waals surface area contributed by atoms with Crippen LogP contribution in [0.25, 0.3) is 0 Å². The molecule has 2 nitrogen and oxygen atoms in total. The second kappa shape index (κ2) is 15.6. The van der Waals surface area contributed by atoms with E-state index in [1.165, 1.54) is 28.2 Å². The van der Waals surface area contributed by atoms with Crippen molar-refractivity contribution in [1.82, 2.24) is 0 Å². The lowest BCUT2D eigenvalue weighted by atomic mass is 10.0. The molecule has 0 N–H and O–H groups in total. The van der Waals surface area contributed by atoms with E-state index in [1.807, 2.05) is 13.8 Å². The number of hydrogen-bond donors (Lipinski definition) is 0. The predicted molar refractivity (Wildman–Crippen MR) is 114 cm³/mol. The second-order valence-corrected chi connectivity index (χ2v) is 7.85. The third-order valence-electron chi connectivity index (χ3n) is 3.96. The molecule has 144 valence electrons. The van der Waals surface area contributed by atoms with Gasteiger partial charge in [0.25, 0.3) is 0 Å². The standard InChI is InChI=1S/C19H30O2S2.C2H6/c1-5-7-8-16(6-2)14-21-19(20)11-12-23-17-9-10-18(22-4)15(3)13-17;1-2/h9-10,13,16H,5-8,11-12,14H2,1-4H3;1-2H3. The fourth-order valence-corrected chi connectivity index (χ4v) is 3.89. The highest BCUT2D eigenvalue weighted by molar-refractivity contribution is 7.99. The number of carbonyl (C=O) groups is 1. The monoisotopic (exact) mass is 384 g/mol. The first kappa shape index (κ1) is 24.4. The van der Waals surface area contributed by atoms with Crippen molar-refractivity contribution in [1.29, 1.82) is 0 Å². The van der Waals surface area contributed by atoms with Crippen molar-refractivity contribution in [3.8, 4) is 0 Å². The van der Waals surface area contributed by atoms with Crippen molar-refractivity contribution >= 4 is 29.5 Å². The summed E-state index contributed by atoms with van der Waals surface area (Å²) in [7, 11) is 0. The maximum atomic E-state index is 11.9. The normalized spacial score (nSPS) is 11.4. The van der Waals surface area contributed by atoms with Gasteiger partial charge in [-0.2, -0.15) is 0 Å². The van der Waals surface area contributed by atoms with Gasteiger partial charge in [-0.05, 0) is 49.3 Å². The SMILES string of the molecule is CC.CCCCC(CC)COC(=O)CCSc1ccc(SC)c(C)c1. The summed E-state index contributed by atoms with van der Waals surface area (Å²) in [5.74, 6) is 1.24. The number of hydrogen-bond acceptors (Lipinski definition) is 4. The molecule has 1 rings (SSSR count). The molecule has 0 spiro atoms. The fourth-order valence-electron chi connectivity index (χ4n) is 2.37. The maximum absolute atomic E-state index is 11.9. The van der Waals surface area contributed by atoms with Crippen LogP contribution in [0.15, 0.2) is 28.0 Å². The molecular formula is C21H36O2S2. The average Bonchev–Trinajstić information content (AvgIpc) is 2.64. The Morgan fingerprint density at radius 1 is 1.24 bits per heavy atom. The van der Waals surface area contributed by atoms with E-state index >= 15 is 0 Å². The lowest BCUT2D eigenvalue weighted by molar-refractivity contribution is -0.144. The summed E-state index contributed by atoms with van der Waals surface area (Å²) in [4.78, 5) is 14.4. The maximum Gasteiger partial charge on any atom is 0.306 e. The largest absolute Gasteiger partial charge is 0.465 e. The Morgan fingerprint density at radius 2 is 1.96 bits per heavy atom. The van der Waals surface area contributed by atoms with Gasteiger partial charge >= 0.3 is 5.97 Å². The predicted octanol–water partition coefficient (Wildman–Crippen LogP) is 6.98. The molecule has 1 unspecified atom stereocenters. The van der Waals surface area contributed by atoms with Gasteiger partial charge in [0.15, 0.2) is 0 Å². The summed E-state index contributed by atoms with van der Waals surface area (Å²) in [5, 5.41) is 0. The minimum Gasteiger partial charge on any atom is -0.465 e. The summed E-state index contributed by atoms with van der Waals surface area (Å²) in [5.41, 5.74) is 1.30. The molecule has 1 atom stereocenters. The van der Waals surface area contributed by atoms with Crippen LogP contribution in [0.3, 0.4) is 0 Å². The van der Waals surface area contributed by atoms with Crippen LogP contribution in [0.5, 0.6) is 0 Å². The van der Waals surface area contributed by atoms with Crippen molar-refractivity contribution in [3.05, 3.63) is 23.8 Å². The molecule has 0 amide bonds. The van der Waals surface area contributed by atoms with E-state index in [-0.39, 0.29) is 5.97 Å². The van der Waals surface area contributed by atoms with Gasteiger partial charge in [0.05, 0.1) is 13.0 Å². The molecule has 1 aromatic carbocycles. The number of aryl methyl sites for hydroxylation is 1. The Labute approximate surface area is 163 Å². The lowest BCUT2D eigenvalue weighted by Crippen LogP contribution is -2.14. The minimum absolute atomic E-state index is 0.0649. The van der Waals surface area contributed by atoms with Crippen LogP contribution < -0.4 is 0 Å². The molecule has 0 fully saturated rings. The van der Waals surface area contributed by atoms with E-state index in [1.54, 1.807) is 23.5 Å². The van der Waals surface area contributed by atoms with Gasteiger partial charge in [0, 0.05) is 15.5 Å². The molecule has 4 heteroatoms. The molecule has 0 aliphatic heterocycles. The summed E-state index contributed by atoms with van der Waals surface area (Å²) in [6.45, 7) is 11.1. The van der Waals surface area contributed by atoms with Gasteiger partial charge in [0.2, 0.25) is 0 Å². The zero-order chi connectivity index (χ0) is 19.1. The summed E-state index contributed by atoms with van der Waals surface area (Å²) < 4.78 is 5.43. The van der Waals surface area contributed by atoms with E-state index in [4.69, 9.17) is 4.74 Å². The summed E-state index contributed by atoms with van der Waals surface area (Å²) >= 11 is 3.49. The number of unbranched alkanes of at least 4 members (excludes halogenated alkanes) is 1. The highest BCUT2D eigenvalue weighted by Crippen LogP contribution is 2.26. The van der Waals surface area contributed by atoms with Crippen LogP contribution >= 0.6 is 23.5 Å². The van der Waals surface area contributed by atoms with Crippen LogP contribution in [0.4, 0.5) is 0 Å². The van der Waals surface area contributed by atoms with E-state index in [9.17, 15) is 4.79 Å². The smallest absolute Gasteiger partial charge is 0.306 e. The third kappa shape index (κ3) is 10.9. The molecule has 0 aliphatic rings. The van der Waals surface area contributed by atoms with Gasteiger partial charge in [-0.15, -0.1) is 23.5 Å². The van der Waals surface area contributed by atoms with Gasteiger partial charge in [-0.25, -0.2) is 0 Å². The Morgan fingerprint density at radius 3 is 2.52 bits per heavy atom. The fraction of sp³-hybridized carbons (Fsp3) is 0.667. The van der Waals surface area contributed by atoms with E-state index in [0.29, 0.717) is 18.9 Å². The molecule has 0 aromatic heterocycles. The Hall–Kier alpha value is -0.610. The summed E-state index contributed by atoms with van der Waals surface area (Å²) in [6.07, 6.45) is 7.25. The number of benzene rings is 1. The van der Waals surface area contributed by atoms with E-state index in [2.05, 4.69) is 45.2 Å². The molecule has 0 saturated carbocycles. The quantitative estimate of drug-likeness (QED) is 0.303. The zero-order valence-electron chi connectivity index (χ0n) is 16.9. The highest BCUT2D eigenvalue weighted by Gasteiger charge is 2.10. The topological polar surface area (TPSA) is 26.3 Å². The van der Waals surface area contributed by atoms with Crippen molar-refractivity contribution < 1.29 is 9.53 Å². The minimum atomic E-state index is -0.0649. The van der Waals surface area contributed by atoms with Crippen molar-refractivity contribution in [3.63, 3.8) is 0 Å². The zero-order valence-corrected chi connectivity index (χ0v) is 18.5. The highest BCUT2D eigenvalue weighted by atomic mass is 32.2. The molecule has 0 saturated heterocycles.